The Kier molecular flexibility index (Phi) is 3.45. The molecule has 122 valence electrons. The maximum atomic E-state index is 13.3. The summed E-state index contributed by atoms with van der Waals surface area (Å²) in [5, 5.41) is 13.4. The molecule has 2 heterocycles. The standard InChI is InChI=1S/C18H16FN3O2/c19-12-3-6-16(23)11(8-12)10-20-13-4-5-15-14(9-13)18(24)22-7-1-2-17(22)21-15/h3-6,8-9,20,23H,1-2,7,10H2. The van der Waals surface area contributed by atoms with Gasteiger partial charge in [0.2, 0.25) is 0 Å². The number of nitrogens with one attached hydrogen (secondary N) is 1. The molecule has 1 aliphatic heterocycles. The van der Waals surface area contributed by atoms with Gasteiger partial charge in [0.05, 0.1) is 10.9 Å². The molecule has 0 aliphatic carbocycles. The molecule has 3 aromatic rings. The van der Waals surface area contributed by atoms with Crippen molar-refractivity contribution in [1.82, 2.24) is 9.55 Å². The highest BCUT2D eigenvalue weighted by Gasteiger charge is 2.16. The quantitative estimate of drug-likeness (QED) is 0.777. The number of phenols is 1. The first kappa shape index (κ1) is 14.7. The lowest BCUT2D eigenvalue weighted by Crippen LogP contribution is -2.21. The minimum absolute atomic E-state index is 0.0234. The molecule has 0 amide bonds. The smallest absolute Gasteiger partial charge is 0.261 e. The van der Waals surface area contributed by atoms with E-state index in [4.69, 9.17) is 0 Å². The van der Waals surface area contributed by atoms with Crippen molar-refractivity contribution >= 4 is 16.6 Å². The van der Waals surface area contributed by atoms with Gasteiger partial charge >= 0.3 is 0 Å². The van der Waals surface area contributed by atoms with Crippen LogP contribution in [0.25, 0.3) is 10.9 Å². The molecule has 1 aromatic heterocycles. The van der Waals surface area contributed by atoms with Gasteiger partial charge in [-0.1, -0.05) is 0 Å². The van der Waals surface area contributed by atoms with Gasteiger partial charge in [-0.3, -0.25) is 9.36 Å². The topological polar surface area (TPSA) is 67.2 Å². The van der Waals surface area contributed by atoms with Crippen molar-refractivity contribution in [1.29, 1.82) is 0 Å². The number of aryl methyl sites for hydroxylation is 1. The van der Waals surface area contributed by atoms with Crippen LogP contribution < -0.4 is 10.9 Å². The zero-order valence-electron chi connectivity index (χ0n) is 12.9. The van der Waals surface area contributed by atoms with Crippen LogP contribution in [0.2, 0.25) is 0 Å². The average molecular weight is 325 g/mol. The molecule has 0 unspecified atom stereocenters. The molecular formula is C18H16FN3O2. The summed E-state index contributed by atoms with van der Waals surface area (Å²) < 4.78 is 15.0. The lowest BCUT2D eigenvalue weighted by Gasteiger charge is -2.10. The van der Waals surface area contributed by atoms with Gasteiger partial charge in [-0.15, -0.1) is 0 Å². The number of hydrogen-bond donors (Lipinski definition) is 2. The van der Waals surface area contributed by atoms with Gasteiger partial charge in [0.25, 0.3) is 5.56 Å². The van der Waals surface area contributed by atoms with E-state index < -0.39 is 5.82 Å². The third-order valence-electron chi connectivity index (χ3n) is 4.34. The van der Waals surface area contributed by atoms with Gasteiger partial charge in [-0.2, -0.15) is 0 Å². The second-order valence-corrected chi connectivity index (χ2v) is 5.95. The number of aromatic nitrogens is 2. The van der Waals surface area contributed by atoms with Crippen LogP contribution in [-0.2, 0) is 19.5 Å². The maximum Gasteiger partial charge on any atom is 0.261 e. The average Bonchev–Trinajstić information content (AvgIpc) is 3.05. The number of rotatable bonds is 3. The molecule has 0 fully saturated rings. The Labute approximate surface area is 137 Å². The largest absolute Gasteiger partial charge is 0.508 e. The first-order valence-electron chi connectivity index (χ1n) is 7.86. The first-order valence-corrected chi connectivity index (χ1v) is 7.86. The van der Waals surface area contributed by atoms with Crippen LogP contribution in [0, 0.1) is 5.82 Å². The molecule has 0 bridgehead atoms. The van der Waals surface area contributed by atoms with Crippen molar-refractivity contribution in [2.24, 2.45) is 0 Å². The monoisotopic (exact) mass is 325 g/mol. The van der Waals surface area contributed by atoms with E-state index in [2.05, 4.69) is 10.3 Å². The van der Waals surface area contributed by atoms with E-state index in [9.17, 15) is 14.3 Å². The summed E-state index contributed by atoms with van der Waals surface area (Å²) in [4.78, 5) is 17.1. The summed E-state index contributed by atoms with van der Waals surface area (Å²) in [6.45, 7) is 0.973. The number of fused-ring (bicyclic) bond motifs is 2. The van der Waals surface area contributed by atoms with Crippen LogP contribution in [0.5, 0.6) is 5.75 Å². The molecule has 0 saturated heterocycles. The predicted octanol–water partition coefficient (Wildman–Crippen LogP) is 2.80. The van der Waals surface area contributed by atoms with E-state index in [1.165, 1.54) is 18.2 Å². The van der Waals surface area contributed by atoms with Gasteiger partial charge in [0.15, 0.2) is 0 Å². The molecule has 24 heavy (non-hydrogen) atoms. The van der Waals surface area contributed by atoms with Gasteiger partial charge < -0.3 is 10.4 Å². The number of nitrogens with zero attached hydrogens (tertiary/aromatic N) is 2. The lowest BCUT2D eigenvalue weighted by molar-refractivity contribution is 0.466. The van der Waals surface area contributed by atoms with Crippen LogP contribution in [0.1, 0.15) is 17.8 Å². The van der Waals surface area contributed by atoms with Crippen LogP contribution in [0.15, 0.2) is 41.2 Å². The van der Waals surface area contributed by atoms with Crippen molar-refractivity contribution in [2.75, 3.05) is 5.32 Å². The highest BCUT2D eigenvalue weighted by molar-refractivity contribution is 5.81. The van der Waals surface area contributed by atoms with E-state index in [1.807, 2.05) is 12.1 Å². The molecule has 6 heteroatoms. The number of phenolic OH excluding ortho intramolecular Hbond substituents is 1. The molecule has 2 aromatic carbocycles. The summed E-state index contributed by atoms with van der Waals surface area (Å²) in [6.07, 6.45) is 1.78. The Bertz CT molecular complexity index is 997. The molecule has 0 radical (unpaired) electrons. The number of aromatic hydroxyl groups is 1. The number of benzene rings is 2. The van der Waals surface area contributed by atoms with E-state index in [-0.39, 0.29) is 17.9 Å². The van der Waals surface area contributed by atoms with Crippen molar-refractivity contribution in [3.05, 3.63) is 64.0 Å². The van der Waals surface area contributed by atoms with E-state index >= 15 is 0 Å². The highest BCUT2D eigenvalue weighted by Crippen LogP contribution is 2.22. The Morgan fingerprint density at radius 1 is 1.25 bits per heavy atom. The Morgan fingerprint density at radius 2 is 2.12 bits per heavy atom. The Morgan fingerprint density at radius 3 is 3.00 bits per heavy atom. The fourth-order valence-electron chi connectivity index (χ4n) is 3.09. The molecule has 0 atom stereocenters. The van der Waals surface area contributed by atoms with Gasteiger partial charge in [0, 0.05) is 30.8 Å². The van der Waals surface area contributed by atoms with Crippen LogP contribution in [-0.4, -0.2) is 14.7 Å². The lowest BCUT2D eigenvalue weighted by atomic mass is 10.1. The summed E-state index contributed by atoms with van der Waals surface area (Å²) >= 11 is 0. The maximum absolute atomic E-state index is 13.3. The second-order valence-electron chi connectivity index (χ2n) is 5.95. The number of anilines is 1. The molecular weight excluding hydrogens is 309 g/mol. The van der Waals surface area contributed by atoms with Crippen molar-refractivity contribution in [3.63, 3.8) is 0 Å². The predicted molar refractivity (Wildman–Crippen MR) is 89.7 cm³/mol. The van der Waals surface area contributed by atoms with E-state index in [0.29, 0.717) is 23.0 Å². The molecule has 4 rings (SSSR count). The second kappa shape index (κ2) is 5.63. The summed E-state index contributed by atoms with van der Waals surface area (Å²) in [5.74, 6) is 0.475. The zero-order chi connectivity index (χ0) is 16.7. The molecule has 5 nitrogen and oxygen atoms in total. The Balaban J connectivity index is 1.66. The van der Waals surface area contributed by atoms with Crippen LogP contribution >= 0.6 is 0 Å². The van der Waals surface area contributed by atoms with E-state index in [1.54, 1.807) is 10.6 Å². The SMILES string of the molecule is O=c1c2cc(NCc3cc(F)ccc3O)ccc2nc2n1CCC2. The normalized spacial score (nSPS) is 13.2. The summed E-state index contributed by atoms with van der Waals surface area (Å²) in [6, 6.07) is 9.22. The van der Waals surface area contributed by atoms with Crippen molar-refractivity contribution in [3.8, 4) is 5.75 Å². The third kappa shape index (κ3) is 2.50. The summed E-state index contributed by atoms with van der Waals surface area (Å²) in [7, 11) is 0. The van der Waals surface area contributed by atoms with Crippen molar-refractivity contribution < 1.29 is 9.50 Å². The minimum atomic E-state index is -0.402. The number of halogens is 1. The summed E-state index contributed by atoms with van der Waals surface area (Å²) in [5.41, 5.74) is 1.85. The fourth-order valence-corrected chi connectivity index (χ4v) is 3.09. The molecule has 0 spiro atoms. The van der Waals surface area contributed by atoms with Crippen LogP contribution in [0.4, 0.5) is 10.1 Å². The molecule has 0 saturated carbocycles. The molecule has 2 N–H and O–H groups in total. The van der Waals surface area contributed by atoms with Gasteiger partial charge in [0.1, 0.15) is 17.4 Å². The highest BCUT2D eigenvalue weighted by atomic mass is 19.1. The number of hydrogen-bond acceptors (Lipinski definition) is 4. The van der Waals surface area contributed by atoms with Crippen LogP contribution in [0.3, 0.4) is 0 Å². The third-order valence-corrected chi connectivity index (χ3v) is 4.34. The van der Waals surface area contributed by atoms with Gasteiger partial charge in [-0.05, 0) is 42.8 Å². The minimum Gasteiger partial charge on any atom is -0.508 e. The first-order chi connectivity index (χ1) is 11.6. The fraction of sp³-hybridized carbons (Fsp3) is 0.222. The van der Waals surface area contributed by atoms with Gasteiger partial charge in [-0.25, -0.2) is 9.37 Å². The Hall–Kier alpha value is -2.89. The van der Waals surface area contributed by atoms with E-state index in [0.717, 1.165) is 24.4 Å². The molecule has 1 aliphatic rings. The van der Waals surface area contributed by atoms with Crippen molar-refractivity contribution in [2.45, 2.75) is 25.9 Å². The zero-order valence-corrected chi connectivity index (χ0v) is 12.9.